The molecule has 1 saturated carbocycles. The van der Waals surface area contributed by atoms with E-state index in [0.717, 1.165) is 28.3 Å². The molecule has 1 aromatic heterocycles. The molecule has 1 aromatic rings. The molecule has 1 heterocycles. The number of anilines is 1. The minimum absolute atomic E-state index is 0.233. The van der Waals surface area contributed by atoms with Crippen LogP contribution in [0.4, 0.5) is 5.69 Å². The fourth-order valence-electron chi connectivity index (χ4n) is 2.80. The van der Waals surface area contributed by atoms with Gasteiger partial charge in [-0.25, -0.2) is 9.78 Å². The van der Waals surface area contributed by atoms with Crippen molar-refractivity contribution in [2.75, 3.05) is 19.0 Å². The van der Waals surface area contributed by atoms with Crippen LogP contribution < -0.4 is 5.32 Å². The maximum Gasteiger partial charge on any atom is 0.356 e. The van der Waals surface area contributed by atoms with Gasteiger partial charge in [-0.3, -0.25) is 0 Å². The largest absolute Gasteiger partial charge is 0.464 e. The molecule has 2 rings (SSSR count). The second-order valence-corrected chi connectivity index (χ2v) is 6.78. The van der Waals surface area contributed by atoms with E-state index in [9.17, 15) is 4.79 Å². The van der Waals surface area contributed by atoms with Crippen LogP contribution in [0.5, 0.6) is 0 Å². The molecule has 1 aliphatic rings. The van der Waals surface area contributed by atoms with E-state index < -0.39 is 5.97 Å². The Morgan fingerprint density at radius 3 is 2.71 bits per heavy atom. The Hall–Kier alpha value is -1.10. The van der Waals surface area contributed by atoms with Crippen LogP contribution in [-0.2, 0) is 4.74 Å². The molecule has 116 valence electrons. The number of hydrogen-bond donors (Lipinski definition) is 1. The first kappa shape index (κ1) is 16.3. The fraction of sp³-hybridized carbons (Fsp3) is 0.625. The normalized spacial score (nSPS) is 15.5. The summed E-state index contributed by atoms with van der Waals surface area (Å²) in [6.07, 6.45) is 5.28. The lowest BCUT2D eigenvalue weighted by atomic mass is 10.1. The molecule has 0 aromatic carbocycles. The first-order valence-corrected chi connectivity index (χ1v) is 8.34. The summed E-state index contributed by atoms with van der Waals surface area (Å²) in [6.45, 7) is 5.13. The van der Waals surface area contributed by atoms with Crippen molar-refractivity contribution >= 4 is 27.6 Å². The van der Waals surface area contributed by atoms with Crippen LogP contribution in [0.1, 0.15) is 61.6 Å². The maximum atomic E-state index is 11.7. The molecule has 0 radical (unpaired) electrons. The molecule has 4 nitrogen and oxygen atoms in total. The second kappa shape index (κ2) is 7.25. The van der Waals surface area contributed by atoms with Crippen LogP contribution in [0, 0.1) is 5.92 Å². The predicted octanol–water partition coefficient (Wildman–Crippen LogP) is 4.36. The molecule has 0 amide bonds. The molecule has 1 N–H and O–H groups in total. The molecular formula is C16H23BrN2O2. The van der Waals surface area contributed by atoms with Crippen LogP contribution in [0.3, 0.4) is 0 Å². The van der Waals surface area contributed by atoms with Gasteiger partial charge in [0.05, 0.1) is 18.5 Å². The summed E-state index contributed by atoms with van der Waals surface area (Å²) < 4.78 is 5.64. The predicted molar refractivity (Wildman–Crippen MR) is 87.8 cm³/mol. The van der Waals surface area contributed by atoms with E-state index >= 15 is 0 Å². The van der Waals surface area contributed by atoms with Crippen molar-refractivity contribution in [1.29, 1.82) is 0 Å². The van der Waals surface area contributed by atoms with E-state index in [1.807, 2.05) is 0 Å². The highest BCUT2D eigenvalue weighted by Gasteiger charge is 2.20. The van der Waals surface area contributed by atoms with Gasteiger partial charge in [0, 0.05) is 11.0 Å². The number of esters is 1. The minimum Gasteiger partial charge on any atom is -0.464 e. The van der Waals surface area contributed by atoms with Crippen molar-refractivity contribution in [2.24, 2.45) is 5.92 Å². The lowest BCUT2D eigenvalue weighted by molar-refractivity contribution is 0.0593. The Balaban J connectivity index is 2.23. The third-order valence-electron chi connectivity index (χ3n) is 3.98. The van der Waals surface area contributed by atoms with E-state index in [1.165, 1.54) is 32.8 Å². The highest BCUT2D eigenvalue weighted by Crippen LogP contribution is 2.33. The van der Waals surface area contributed by atoms with Gasteiger partial charge in [-0.15, -0.1) is 0 Å². The number of hydrogen-bond acceptors (Lipinski definition) is 4. The summed E-state index contributed by atoms with van der Waals surface area (Å²) in [5, 5.41) is 3.53. The first-order chi connectivity index (χ1) is 10.0. The number of methoxy groups -OCH3 is 1. The van der Waals surface area contributed by atoms with E-state index in [2.05, 4.69) is 40.1 Å². The number of rotatable bonds is 5. The van der Waals surface area contributed by atoms with Crippen molar-refractivity contribution in [3.05, 3.63) is 21.9 Å². The van der Waals surface area contributed by atoms with Gasteiger partial charge in [0.15, 0.2) is 0 Å². The van der Waals surface area contributed by atoms with Gasteiger partial charge in [-0.05, 0) is 46.7 Å². The Morgan fingerprint density at radius 2 is 2.14 bits per heavy atom. The third-order valence-corrected chi connectivity index (χ3v) is 4.61. The summed E-state index contributed by atoms with van der Waals surface area (Å²) in [7, 11) is 1.37. The Morgan fingerprint density at radius 1 is 1.48 bits per heavy atom. The van der Waals surface area contributed by atoms with Gasteiger partial charge in [-0.2, -0.15) is 0 Å². The van der Waals surface area contributed by atoms with Crippen LogP contribution in [-0.4, -0.2) is 24.6 Å². The third kappa shape index (κ3) is 3.96. The topological polar surface area (TPSA) is 51.2 Å². The zero-order chi connectivity index (χ0) is 15.4. The number of halogens is 1. The fourth-order valence-corrected chi connectivity index (χ4v) is 3.36. The van der Waals surface area contributed by atoms with Gasteiger partial charge < -0.3 is 10.1 Å². The number of nitrogens with zero attached hydrogens (tertiary/aromatic N) is 1. The van der Waals surface area contributed by atoms with Crippen molar-refractivity contribution in [3.8, 4) is 0 Å². The van der Waals surface area contributed by atoms with Crippen molar-refractivity contribution in [2.45, 2.75) is 45.4 Å². The maximum absolute atomic E-state index is 11.7. The van der Waals surface area contributed by atoms with E-state index in [0.29, 0.717) is 5.69 Å². The molecule has 0 saturated heterocycles. The first-order valence-electron chi connectivity index (χ1n) is 7.55. The molecular weight excluding hydrogens is 332 g/mol. The molecule has 0 atom stereocenters. The van der Waals surface area contributed by atoms with E-state index in [1.54, 1.807) is 6.07 Å². The molecule has 0 unspecified atom stereocenters. The molecule has 0 bridgehead atoms. The smallest absolute Gasteiger partial charge is 0.356 e. The van der Waals surface area contributed by atoms with Crippen molar-refractivity contribution in [3.63, 3.8) is 0 Å². The van der Waals surface area contributed by atoms with Crippen LogP contribution in [0.25, 0.3) is 0 Å². The highest BCUT2D eigenvalue weighted by atomic mass is 79.9. The molecule has 1 fully saturated rings. The molecule has 21 heavy (non-hydrogen) atoms. The number of ether oxygens (including phenoxy) is 1. The summed E-state index contributed by atoms with van der Waals surface area (Å²) in [5.74, 6) is 0.578. The summed E-state index contributed by atoms with van der Waals surface area (Å²) in [6, 6.07) is 1.73. The van der Waals surface area contributed by atoms with Gasteiger partial charge in [-0.1, -0.05) is 26.7 Å². The van der Waals surface area contributed by atoms with Gasteiger partial charge in [0.2, 0.25) is 0 Å². The molecule has 1 aliphatic carbocycles. The Bertz CT molecular complexity index is 511. The zero-order valence-electron chi connectivity index (χ0n) is 12.9. The van der Waals surface area contributed by atoms with Crippen molar-refractivity contribution < 1.29 is 9.53 Å². The lowest BCUT2D eigenvalue weighted by Crippen LogP contribution is -2.15. The standard InChI is InChI=1S/C16H23BrN2O2/c1-10(2)14-15(18-9-11-6-4-5-7-11)12(17)8-13(19-14)16(20)21-3/h8,10-11,18H,4-7,9H2,1-3H3. The average molecular weight is 355 g/mol. The SMILES string of the molecule is COC(=O)c1cc(Br)c(NCC2CCCC2)c(C(C)C)n1. The van der Waals surface area contributed by atoms with Crippen LogP contribution in [0.2, 0.25) is 0 Å². The summed E-state index contributed by atoms with van der Waals surface area (Å²) >= 11 is 3.56. The molecule has 0 aliphatic heterocycles. The second-order valence-electron chi connectivity index (χ2n) is 5.93. The highest BCUT2D eigenvalue weighted by molar-refractivity contribution is 9.10. The Kier molecular flexibility index (Phi) is 5.62. The minimum atomic E-state index is -0.403. The molecule has 0 spiro atoms. The van der Waals surface area contributed by atoms with E-state index in [-0.39, 0.29) is 5.92 Å². The number of aromatic nitrogens is 1. The number of carbonyl (C=O) groups is 1. The Labute approximate surface area is 134 Å². The van der Waals surface area contributed by atoms with E-state index in [4.69, 9.17) is 4.74 Å². The summed E-state index contributed by atoms with van der Waals surface area (Å²) in [5.41, 5.74) is 2.26. The monoisotopic (exact) mass is 354 g/mol. The van der Waals surface area contributed by atoms with Crippen LogP contribution in [0.15, 0.2) is 10.5 Å². The number of pyridine rings is 1. The molecule has 5 heteroatoms. The zero-order valence-corrected chi connectivity index (χ0v) is 14.5. The number of nitrogens with one attached hydrogen (secondary N) is 1. The van der Waals surface area contributed by atoms with Gasteiger partial charge >= 0.3 is 5.97 Å². The van der Waals surface area contributed by atoms with Gasteiger partial charge in [0.25, 0.3) is 0 Å². The van der Waals surface area contributed by atoms with Crippen LogP contribution >= 0.6 is 15.9 Å². The average Bonchev–Trinajstić information content (AvgIpc) is 2.97. The quantitative estimate of drug-likeness (QED) is 0.798. The number of carbonyl (C=O) groups excluding carboxylic acids is 1. The van der Waals surface area contributed by atoms with Gasteiger partial charge in [0.1, 0.15) is 5.69 Å². The summed E-state index contributed by atoms with van der Waals surface area (Å²) in [4.78, 5) is 16.2. The lowest BCUT2D eigenvalue weighted by Gasteiger charge is -2.19. The van der Waals surface area contributed by atoms with Crippen molar-refractivity contribution in [1.82, 2.24) is 4.98 Å².